The van der Waals surface area contributed by atoms with E-state index in [-0.39, 0.29) is 15.1 Å². The van der Waals surface area contributed by atoms with Crippen LogP contribution in [0.4, 0.5) is 0 Å². The highest BCUT2D eigenvalue weighted by Gasteiger charge is 2.63. The smallest absolute Gasteiger partial charge is 0.254 e. The van der Waals surface area contributed by atoms with E-state index in [0.717, 1.165) is 0 Å². The van der Waals surface area contributed by atoms with E-state index >= 15 is 0 Å². The van der Waals surface area contributed by atoms with Crippen LogP contribution in [0.25, 0.3) is 0 Å². The first kappa shape index (κ1) is 16.1. The average molecular weight is 246 g/mol. The molecule has 0 saturated carbocycles. The molecule has 0 aromatic rings. The maximum atomic E-state index is 5.96. The molecule has 0 aliphatic heterocycles. The van der Waals surface area contributed by atoms with Crippen LogP contribution < -0.4 is 0 Å². The van der Waals surface area contributed by atoms with Gasteiger partial charge in [0.1, 0.15) is 0 Å². The molecule has 0 bridgehead atoms. The molecule has 0 amide bonds. The second-order valence-corrected chi connectivity index (χ2v) is 13.7. The van der Waals surface area contributed by atoms with E-state index in [4.69, 9.17) is 9.46 Å². The van der Waals surface area contributed by atoms with Gasteiger partial charge in [-0.1, -0.05) is 62.3 Å². The SMILES string of the molecule is COO[Si](C(C)(C)C)(C(C)(C)C)C(C)(C)C. The van der Waals surface area contributed by atoms with Crippen LogP contribution in [0.3, 0.4) is 0 Å². The molecule has 98 valence electrons. The molecule has 0 aromatic carbocycles. The topological polar surface area (TPSA) is 18.5 Å². The number of hydrogen-bond donors (Lipinski definition) is 0. The Bertz CT molecular complexity index is 192. The molecule has 0 unspecified atom stereocenters. The highest BCUT2D eigenvalue weighted by molar-refractivity contribution is 6.81. The fourth-order valence-electron chi connectivity index (χ4n) is 3.88. The Morgan fingerprint density at radius 2 is 0.875 bits per heavy atom. The number of rotatable bonds is 2. The van der Waals surface area contributed by atoms with Crippen molar-refractivity contribution < 1.29 is 9.46 Å². The lowest BCUT2D eigenvalue weighted by atomic mass is 10.2. The fraction of sp³-hybridized carbons (Fsp3) is 1.00. The first-order valence-electron chi connectivity index (χ1n) is 6.03. The lowest BCUT2D eigenvalue weighted by Crippen LogP contribution is -2.60. The van der Waals surface area contributed by atoms with Gasteiger partial charge in [0.15, 0.2) is 0 Å². The van der Waals surface area contributed by atoms with Gasteiger partial charge in [-0.25, -0.2) is 0 Å². The third kappa shape index (κ3) is 2.52. The van der Waals surface area contributed by atoms with Crippen molar-refractivity contribution in [3.8, 4) is 0 Å². The molecule has 0 radical (unpaired) electrons. The Morgan fingerprint density at radius 3 is 0.938 bits per heavy atom. The summed E-state index contributed by atoms with van der Waals surface area (Å²) in [6.45, 7) is 20.5. The minimum absolute atomic E-state index is 0.125. The van der Waals surface area contributed by atoms with Crippen molar-refractivity contribution >= 4 is 8.32 Å². The molecule has 0 spiro atoms. The predicted molar refractivity (Wildman–Crippen MR) is 73.0 cm³/mol. The van der Waals surface area contributed by atoms with Gasteiger partial charge >= 0.3 is 0 Å². The summed E-state index contributed by atoms with van der Waals surface area (Å²) in [5.74, 6) is 0. The van der Waals surface area contributed by atoms with Gasteiger partial charge in [0.25, 0.3) is 8.32 Å². The molecule has 0 heterocycles. The normalized spacial score (nSPS) is 15.4. The summed E-state index contributed by atoms with van der Waals surface area (Å²) >= 11 is 0. The standard InChI is InChI=1S/C13H30O2Si/c1-11(2,3)16(15-14-10,12(4,5)6)13(7,8)9/h1-10H3. The molecule has 0 saturated heterocycles. The van der Waals surface area contributed by atoms with Gasteiger partial charge in [0.05, 0.1) is 7.11 Å². The van der Waals surface area contributed by atoms with Crippen LogP contribution in [0.15, 0.2) is 0 Å². The lowest BCUT2D eigenvalue weighted by molar-refractivity contribution is -0.202. The largest absolute Gasteiger partial charge is 0.285 e. The zero-order valence-electron chi connectivity index (χ0n) is 12.8. The Labute approximate surface area is 103 Å². The van der Waals surface area contributed by atoms with Crippen LogP contribution in [0.5, 0.6) is 0 Å². The highest BCUT2D eigenvalue weighted by atomic mass is 28.4. The number of hydrogen-bond acceptors (Lipinski definition) is 2. The van der Waals surface area contributed by atoms with Crippen LogP contribution >= 0.6 is 0 Å². The van der Waals surface area contributed by atoms with Crippen molar-refractivity contribution in [1.82, 2.24) is 0 Å². The molecule has 0 aromatic heterocycles. The minimum Gasteiger partial charge on any atom is -0.285 e. The second-order valence-electron chi connectivity index (χ2n) is 7.68. The lowest BCUT2D eigenvalue weighted by Gasteiger charge is -2.55. The zero-order chi connectivity index (χ0) is 13.4. The molecule has 0 fully saturated rings. The molecule has 0 atom stereocenters. The van der Waals surface area contributed by atoms with Gasteiger partial charge in [-0.15, -0.1) is 0 Å². The van der Waals surface area contributed by atoms with Gasteiger partial charge in [-0.3, -0.25) is 9.46 Å². The Hall–Kier alpha value is 0.137. The van der Waals surface area contributed by atoms with Crippen LogP contribution in [0, 0.1) is 0 Å². The molecule has 0 rings (SSSR count). The third-order valence-corrected chi connectivity index (χ3v) is 10.1. The third-order valence-electron chi connectivity index (χ3n) is 3.38. The van der Waals surface area contributed by atoms with Gasteiger partial charge in [0.2, 0.25) is 0 Å². The predicted octanol–water partition coefficient (Wildman–Crippen LogP) is 4.91. The van der Waals surface area contributed by atoms with Crippen LogP contribution in [0.2, 0.25) is 15.1 Å². The van der Waals surface area contributed by atoms with Crippen LogP contribution in [0.1, 0.15) is 62.3 Å². The highest BCUT2D eigenvalue weighted by Crippen LogP contribution is 2.62. The van der Waals surface area contributed by atoms with E-state index in [1.54, 1.807) is 7.11 Å². The van der Waals surface area contributed by atoms with Crippen LogP contribution in [-0.4, -0.2) is 15.4 Å². The first-order valence-corrected chi connectivity index (χ1v) is 7.94. The Morgan fingerprint density at radius 1 is 0.625 bits per heavy atom. The van der Waals surface area contributed by atoms with E-state index < -0.39 is 8.32 Å². The molecular formula is C13H30O2Si. The Kier molecular flexibility index (Phi) is 4.47. The molecule has 0 aliphatic rings. The van der Waals surface area contributed by atoms with Gasteiger partial charge in [-0.05, 0) is 15.1 Å². The monoisotopic (exact) mass is 246 g/mol. The van der Waals surface area contributed by atoms with E-state index in [0.29, 0.717) is 0 Å². The summed E-state index contributed by atoms with van der Waals surface area (Å²) in [4.78, 5) is 5.15. The first-order chi connectivity index (χ1) is 6.81. The van der Waals surface area contributed by atoms with E-state index in [9.17, 15) is 0 Å². The summed E-state index contributed by atoms with van der Waals surface area (Å²) in [5, 5.41) is 0.374. The van der Waals surface area contributed by atoms with E-state index in [1.807, 2.05) is 0 Å². The summed E-state index contributed by atoms with van der Waals surface area (Å²) in [6, 6.07) is 0. The van der Waals surface area contributed by atoms with Crippen LogP contribution in [-0.2, 0) is 9.46 Å². The quantitative estimate of drug-likeness (QED) is 0.391. The molecule has 2 nitrogen and oxygen atoms in total. The second kappa shape index (κ2) is 4.43. The van der Waals surface area contributed by atoms with Gasteiger partial charge in [0, 0.05) is 0 Å². The van der Waals surface area contributed by atoms with Crippen molar-refractivity contribution in [2.75, 3.05) is 7.11 Å². The van der Waals surface area contributed by atoms with E-state index in [1.165, 1.54) is 0 Å². The van der Waals surface area contributed by atoms with Crippen molar-refractivity contribution in [2.24, 2.45) is 0 Å². The molecule has 0 aliphatic carbocycles. The fourth-order valence-corrected chi connectivity index (χ4v) is 11.6. The van der Waals surface area contributed by atoms with Gasteiger partial charge < -0.3 is 0 Å². The maximum absolute atomic E-state index is 5.96. The summed E-state index contributed by atoms with van der Waals surface area (Å²) in [5.41, 5.74) is 0. The van der Waals surface area contributed by atoms with Gasteiger partial charge in [-0.2, -0.15) is 0 Å². The molecular weight excluding hydrogens is 216 g/mol. The molecule has 3 heteroatoms. The van der Waals surface area contributed by atoms with Crippen molar-refractivity contribution in [1.29, 1.82) is 0 Å². The van der Waals surface area contributed by atoms with Crippen molar-refractivity contribution in [2.45, 2.75) is 77.4 Å². The van der Waals surface area contributed by atoms with Crippen molar-refractivity contribution in [3.63, 3.8) is 0 Å². The van der Waals surface area contributed by atoms with E-state index in [2.05, 4.69) is 62.3 Å². The summed E-state index contributed by atoms with van der Waals surface area (Å²) < 4.78 is 5.96. The Balaban J connectivity index is 5.82. The summed E-state index contributed by atoms with van der Waals surface area (Å²) in [6.07, 6.45) is 0. The molecule has 16 heavy (non-hydrogen) atoms. The average Bonchev–Trinajstić information content (AvgIpc) is 1.91. The molecule has 0 N–H and O–H groups in total. The van der Waals surface area contributed by atoms with Crippen molar-refractivity contribution in [3.05, 3.63) is 0 Å². The zero-order valence-corrected chi connectivity index (χ0v) is 13.8. The maximum Gasteiger partial charge on any atom is 0.254 e. The summed E-state index contributed by atoms with van der Waals surface area (Å²) in [7, 11) is -0.493. The minimum atomic E-state index is -2.12.